The number of hydrogen-bond acceptors (Lipinski definition) is 4. The van der Waals surface area contributed by atoms with Crippen LogP contribution in [-0.2, 0) is 14.2 Å². The topological polar surface area (TPSA) is 111 Å². The Morgan fingerprint density at radius 2 is 0.733 bits per heavy atom. The molecular weight excluding hydrogens is 204 g/mol. The van der Waals surface area contributed by atoms with Crippen LogP contribution in [0.3, 0.4) is 0 Å². The molecule has 6 nitrogen and oxygen atoms in total. The smallest absolute Gasteiger partial charge is 0.152 e. The average molecular weight is 238 g/mol. The Labute approximate surface area is 95.8 Å². The van der Waals surface area contributed by atoms with E-state index in [0.29, 0.717) is 20.4 Å². The van der Waals surface area contributed by atoms with Crippen molar-refractivity contribution in [3.8, 4) is 0 Å². The van der Waals surface area contributed by atoms with Gasteiger partial charge in [-0.25, -0.2) is 0 Å². The maximum Gasteiger partial charge on any atom is 0.152 e. The molecule has 0 radical (unpaired) electrons. The summed E-state index contributed by atoms with van der Waals surface area (Å²) < 4.78 is 13.9. The molecule has 0 aromatic heterocycles. The van der Waals surface area contributed by atoms with E-state index < -0.39 is 0 Å². The number of aliphatic hydroxyl groups is 1. The highest BCUT2D eigenvalue weighted by Gasteiger charge is 1.93. The summed E-state index contributed by atoms with van der Waals surface area (Å²) in [4.78, 5) is 0. The molecule has 1 heterocycles. The summed E-state index contributed by atoms with van der Waals surface area (Å²) in [5, 5.41) is 7.00. The Balaban J connectivity index is -0.00000000868. The lowest BCUT2D eigenvalue weighted by Gasteiger charge is -2.10. The first-order valence-electron chi connectivity index (χ1n) is 2.18. The lowest BCUT2D eigenvalue weighted by molar-refractivity contribution is -0.247. The van der Waals surface area contributed by atoms with Crippen molar-refractivity contribution >= 4 is 0 Å². The van der Waals surface area contributed by atoms with Crippen molar-refractivity contribution in [2.75, 3.05) is 27.5 Å². The Morgan fingerprint density at radius 3 is 0.800 bits per heavy atom. The molecule has 0 unspecified atom stereocenters. The van der Waals surface area contributed by atoms with Crippen LogP contribution in [0.4, 0.5) is 0 Å². The van der Waals surface area contributed by atoms with Crippen LogP contribution < -0.4 is 0 Å². The first-order chi connectivity index (χ1) is 4.00. The second kappa shape index (κ2) is 67.5. The number of hydrogen-bond donors (Lipinski definition) is 1. The molecule has 1 aliphatic heterocycles. The standard InChI is InChI=1S/C3H6O3.CH4O.5CH4.2H2O/c1-4-2-6-3-5-1;1-2;;;;;;;/h1-3H2;2H,1H3;5*1H4;2*1H2. The fourth-order valence-electron chi connectivity index (χ4n) is 0.279. The molecule has 0 atom stereocenters. The maximum absolute atomic E-state index is 7.00. The van der Waals surface area contributed by atoms with Crippen LogP contribution in [0.2, 0.25) is 0 Å². The quantitative estimate of drug-likeness (QED) is 0.680. The van der Waals surface area contributed by atoms with Crippen molar-refractivity contribution < 1.29 is 30.3 Å². The molecule has 0 amide bonds. The van der Waals surface area contributed by atoms with E-state index in [2.05, 4.69) is 14.2 Å². The minimum Gasteiger partial charge on any atom is -0.412 e. The molecule has 1 rings (SSSR count). The van der Waals surface area contributed by atoms with Gasteiger partial charge in [0.05, 0.1) is 0 Å². The summed E-state index contributed by atoms with van der Waals surface area (Å²) in [6.07, 6.45) is 0. The molecule has 6 heteroatoms. The summed E-state index contributed by atoms with van der Waals surface area (Å²) in [5.74, 6) is 0. The molecule has 15 heavy (non-hydrogen) atoms. The minimum atomic E-state index is 0. The predicted octanol–water partition coefficient (Wildman–Crippen LogP) is 1.06. The van der Waals surface area contributed by atoms with Crippen molar-refractivity contribution in [1.82, 2.24) is 0 Å². The Hall–Kier alpha value is -0.240. The van der Waals surface area contributed by atoms with E-state index in [1.807, 2.05) is 0 Å². The maximum atomic E-state index is 7.00. The number of aliphatic hydroxyl groups excluding tert-OH is 1. The third-order valence-electron chi connectivity index (χ3n) is 0.500. The zero-order valence-electron chi connectivity index (χ0n) is 5.79. The van der Waals surface area contributed by atoms with Gasteiger partial charge in [0.25, 0.3) is 0 Å². The first kappa shape index (κ1) is 61.2. The predicted molar refractivity (Wildman–Crippen MR) is 66.9 cm³/mol. The summed E-state index contributed by atoms with van der Waals surface area (Å²) in [7, 11) is 1.00. The lowest BCUT2D eigenvalue weighted by Crippen LogP contribution is -2.14. The molecule has 106 valence electrons. The van der Waals surface area contributed by atoms with Gasteiger partial charge in [-0.1, -0.05) is 37.1 Å². The van der Waals surface area contributed by atoms with Crippen LogP contribution in [0.15, 0.2) is 0 Å². The van der Waals surface area contributed by atoms with Gasteiger partial charge in [-0.15, -0.1) is 0 Å². The fourth-order valence-corrected chi connectivity index (χ4v) is 0.279. The van der Waals surface area contributed by atoms with Gasteiger partial charge < -0.3 is 30.3 Å². The lowest BCUT2D eigenvalue weighted by atomic mass is 11.2. The van der Waals surface area contributed by atoms with Crippen molar-refractivity contribution in [3.63, 3.8) is 0 Å². The molecule has 0 aromatic rings. The van der Waals surface area contributed by atoms with E-state index in [4.69, 9.17) is 5.11 Å². The normalized spacial score (nSPS) is 10.0. The van der Waals surface area contributed by atoms with E-state index in [1.165, 1.54) is 0 Å². The molecule has 0 saturated carbocycles. The third kappa shape index (κ3) is 57.4. The largest absolute Gasteiger partial charge is 0.412 e. The second-order valence-corrected chi connectivity index (χ2v) is 0.966. The van der Waals surface area contributed by atoms with E-state index in [1.54, 1.807) is 0 Å². The van der Waals surface area contributed by atoms with Gasteiger partial charge in [0, 0.05) is 7.11 Å². The van der Waals surface area contributed by atoms with Gasteiger partial charge in [0.15, 0.2) is 20.4 Å². The Bertz CT molecular complexity index is 30.1. The van der Waals surface area contributed by atoms with Gasteiger partial charge in [-0.3, -0.25) is 0 Å². The van der Waals surface area contributed by atoms with E-state index >= 15 is 0 Å². The van der Waals surface area contributed by atoms with Gasteiger partial charge in [-0.05, 0) is 0 Å². The molecule has 0 spiro atoms. The number of rotatable bonds is 0. The van der Waals surface area contributed by atoms with Crippen LogP contribution in [0.1, 0.15) is 37.1 Å². The van der Waals surface area contributed by atoms with E-state index in [0.717, 1.165) is 7.11 Å². The van der Waals surface area contributed by atoms with Crippen LogP contribution >= 0.6 is 0 Å². The highest BCUT2D eigenvalue weighted by molar-refractivity contribution is 4.09. The molecular formula is C9H34O6. The van der Waals surface area contributed by atoms with Crippen molar-refractivity contribution in [1.29, 1.82) is 0 Å². The molecule has 5 N–H and O–H groups in total. The minimum absolute atomic E-state index is 0. The second-order valence-electron chi connectivity index (χ2n) is 0.966. The SMILES string of the molecule is C.C.C.C.C.C1OCOCO1.CO.O.O. The zero-order valence-corrected chi connectivity index (χ0v) is 5.79. The van der Waals surface area contributed by atoms with E-state index in [9.17, 15) is 0 Å². The molecule has 0 bridgehead atoms. The van der Waals surface area contributed by atoms with Gasteiger partial charge in [0.2, 0.25) is 0 Å². The summed E-state index contributed by atoms with van der Waals surface area (Å²) >= 11 is 0. The molecule has 0 aliphatic carbocycles. The molecule has 1 saturated heterocycles. The summed E-state index contributed by atoms with van der Waals surface area (Å²) in [5.41, 5.74) is 0. The summed E-state index contributed by atoms with van der Waals surface area (Å²) in [6, 6.07) is 0. The summed E-state index contributed by atoms with van der Waals surface area (Å²) in [6.45, 7) is 1.12. The first-order valence-corrected chi connectivity index (χ1v) is 2.18. The van der Waals surface area contributed by atoms with Gasteiger partial charge in [-0.2, -0.15) is 0 Å². The van der Waals surface area contributed by atoms with Crippen LogP contribution in [0.5, 0.6) is 0 Å². The van der Waals surface area contributed by atoms with Crippen LogP contribution in [0, 0.1) is 0 Å². The van der Waals surface area contributed by atoms with Crippen molar-refractivity contribution in [2.45, 2.75) is 37.1 Å². The molecule has 0 aromatic carbocycles. The van der Waals surface area contributed by atoms with Gasteiger partial charge in [0.1, 0.15) is 0 Å². The average Bonchev–Trinajstić information content (AvgIpc) is 1.96. The Morgan fingerprint density at radius 1 is 0.600 bits per heavy atom. The van der Waals surface area contributed by atoms with Crippen molar-refractivity contribution in [3.05, 3.63) is 0 Å². The van der Waals surface area contributed by atoms with Crippen LogP contribution in [0.25, 0.3) is 0 Å². The Kier molecular flexibility index (Phi) is 275. The van der Waals surface area contributed by atoms with E-state index in [-0.39, 0.29) is 48.1 Å². The highest BCUT2D eigenvalue weighted by atomic mass is 16.8. The third-order valence-corrected chi connectivity index (χ3v) is 0.500. The van der Waals surface area contributed by atoms with Gasteiger partial charge >= 0.3 is 0 Å². The zero-order chi connectivity index (χ0) is 6.24. The monoisotopic (exact) mass is 238 g/mol. The molecule has 1 fully saturated rings. The highest BCUT2D eigenvalue weighted by Crippen LogP contribution is 1.87. The van der Waals surface area contributed by atoms with Crippen molar-refractivity contribution in [2.24, 2.45) is 0 Å². The fraction of sp³-hybridized carbons (Fsp3) is 1.00. The molecule has 1 aliphatic rings. The number of ether oxygens (including phenoxy) is 3. The van der Waals surface area contributed by atoms with Crippen LogP contribution in [-0.4, -0.2) is 43.5 Å².